The lowest BCUT2D eigenvalue weighted by Gasteiger charge is -2.10. The van der Waals surface area contributed by atoms with Crippen molar-refractivity contribution in [3.05, 3.63) is 64.0 Å². The fraction of sp³-hybridized carbons (Fsp3) is 0. The molecule has 0 bridgehead atoms. The Labute approximate surface area is 134 Å². The predicted molar refractivity (Wildman–Crippen MR) is 86.6 cm³/mol. The number of anilines is 1. The summed E-state index contributed by atoms with van der Waals surface area (Å²) in [7, 11) is 0. The quantitative estimate of drug-likeness (QED) is 0.692. The highest BCUT2D eigenvalue weighted by Gasteiger charge is 2.13. The maximum atomic E-state index is 12.3. The molecule has 0 aliphatic carbocycles. The molecule has 4 nitrogen and oxygen atoms in total. The van der Waals surface area contributed by atoms with E-state index >= 15 is 0 Å². The molecule has 0 aliphatic heterocycles. The molecule has 1 N–H and O–H groups in total. The number of hydrogen-bond acceptors (Lipinski definition) is 3. The molecule has 2 aromatic heterocycles. The zero-order chi connectivity index (χ0) is 14.8. The highest BCUT2D eigenvalue weighted by molar-refractivity contribution is 9.10. The molecule has 6 heteroatoms. The second-order valence-corrected chi connectivity index (χ2v) is 5.45. The number of amides is 1. The van der Waals surface area contributed by atoms with Gasteiger partial charge in [0.15, 0.2) is 0 Å². The molecule has 0 radical (unpaired) electrons. The summed E-state index contributed by atoms with van der Waals surface area (Å²) in [5, 5.41) is 4.20. The summed E-state index contributed by atoms with van der Waals surface area (Å²) in [6.07, 6.45) is 3.28. The van der Waals surface area contributed by atoms with Gasteiger partial charge in [-0.05, 0) is 52.3 Å². The Hall–Kier alpha value is -1.98. The Kier molecular flexibility index (Phi) is 3.86. The van der Waals surface area contributed by atoms with Crippen LogP contribution in [-0.2, 0) is 0 Å². The van der Waals surface area contributed by atoms with Crippen LogP contribution in [0.15, 0.2) is 53.4 Å². The standard InChI is InChI=1S/C15H9BrClN3O/c16-14-10(4-2-8-19-14)15(21)20-12-6-5-11(17)13-9(12)3-1-7-18-13/h1-8H,(H,20,21). The lowest BCUT2D eigenvalue weighted by Crippen LogP contribution is -2.13. The van der Waals surface area contributed by atoms with Gasteiger partial charge in [0.1, 0.15) is 4.60 Å². The minimum absolute atomic E-state index is 0.248. The second kappa shape index (κ2) is 5.79. The van der Waals surface area contributed by atoms with E-state index in [4.69, 9.17) is 11.6 Å². The van der Waals surface area contributed by atoms with Gasteiger partial charge in [-0.3, -0.25) is 9.78 Å². The molecule has 1 aromatic carbocycles. The summed E-state index contributed by atoms with van der Waals surface area (Å²) in [6, 6.07) is 10.5. The number of rotatable bonds is 2. The molecule has 0 aliphatic rings. The number of nitrogens with one attached hydrogen (secondary N) is 1. The van der Waals surface area contributed by atoms with E-state index in [9.17, 15) is 4.79 Å². The molecule has 0 atom stereocenters. The minimum Gasteiger partial charge on any atom is -0.321 e. The van der Waals surface area contributed by atoms with E-state index in [-0.39, 0.29) is 5.91 Å². The van der Waals surface area contributed by atoms with Crippen molar-refractivity contribution in [2.45, 2.75) is 0 Å². The number of aromatic nitrogens is 2. The van der Waals surface area contributed by atoms with Crippen LogP contribution in [0.4, 0.5) is 5.69 Å². The zero-order valence-electron chi connectivity index (χ0n) is 10.7. The maximum Gasteiger partial charge on any atom is 0.258 e. The Morgan fingerprint density at radius 3 is 2.67 bits per heavy atom. The first-order valence-electron chi connectivity index (χ1n) is 6.12. The monoisotopic (exact) mass is 361 g/mol. The van der Waals surface area contributed by atoms with Gasteiger partial charge in [0, 0.05) is 17.8 Å². The molecular weight excluding hydrogens is 354 g/mol. The van der Waals surface area contributed by atoms with Crippen molar-refractivity contribution in [3.8, 4) is 0 Å². The Bertz CT molecular complexity index is 838. The van der Waals surface area contributed by atoms with E-state index in [2.05, 4.69) is 31.2 Å². The van der Waals surface area contributed by atoms with Gasteiger partial charge in [-0.15, -0.1) is 0 Å². The van der Waals surface area contributed by atoms with Crippen molar-refractivity contribution in [2.75, 3.05) is 5.32 Å². The van der Waals surface area contributed by atoms with Crippen LogP contribution in [0, 0.1) is 0 Å². The molecule has 1 amide bonds. The summed E-state index contributed by atoms with van der Waals surface area (Å²) < 4.78 is 0.499. The Morgan fingerprint density at radius 2 is 1.86 bits per heavy atom. The van der Waals surface area contributed by atoms with Gasteiger partial charge in [-0.2, -0.15) is 0 Å². The molecular formula is C15H9BrClN3O. The number of carbonyl (C=O) groups excluding carboxylic acids is 1. The number of benzene rings is 1. The number of hydrogen-bond donors (Lipinski definition) is 1. The van der Waals surface area contributed by atoms with Crippen LogP contribution in [-0.4, -0.2) is 15.9 Å². The molecule has 0 unspecified atom stereocenters. The largest absolute Gasteiger partial charge is 0.321 e. The average Bonchev–Trinajstić information content (AvgIpc) is 2.51. The van der Waals surface area contributed by atoms with Gasteiger partial charge in [0.05, 0.1) is 21.8 Å². The van der Waals surface area contributed by atoms with Crippen LogP contribution in [0.1, 0.15) is 10.4 Å². The maximum absolute atomic E-state index is 12.3. The van der Waals surface area contributed by atoms with Crippen molar-refractivity contribution in [1.82, 2.24) is 9.97 Å². The third-order valence-corrected chi connectivity index (χ3v) is 3.91. The van der Waals surface area contributed by atoms with Crippen molar-refractivity contribution >= 4 is 50.0 Å². The first kappa shape index (κ1) is 14.0. The van der Waals surface area contributed by atoms with Crippen LogP contribution in [0.3, 0.4) is 0 Å². The first-order valence-corrected chi connectivity index (χ1v) is 7.29. The van der Waals surface area contributed by atoms with Crippen LogP contribution in [0.5, 0.6) is 0 Å². The van der Waals surface area contributed by atoms with Crippen LogP contribution in [0.25, 0.3) is 10.9 Å². The topological polar surface area (TPSA) is 54.9 Å². The summed E-state index contributed by atoms with van der Waals surface area (Å²) in [5.41, 5.74) is 1.77. The highest BCUT2D eigenvalue weighted by Crippen LogP contribution is 2.28. The lowest BCUT2D eigenvalue weighted by atomic mass is 10.1. The Balaban J connectivity index is 2.01. The molecule has 2 heterocycles. The number of fused-ring (bicyclic) bond motifs is 1. The van der Waals surface area contributed by atoms with E-state index in [1.165, 1.54) is 0 Å². The van der Waals surface area contributed by atoms with E-state index in [0.717, 1.165) is 5.39 Å². The van der Waals surface area contributed by atoms with Crippen LogP contribution in [0.2, 0.25) is 5.02 Å². The molecule has 0 saturated heterocycles. The molecule has 0 spiro atoms. The van der Waals surface area contributed by atoms with Gasteiger partial charge < -0.3 is 5.32 Å². The third kappa shape index (κ3) is 2.75. The predicted octanol–water partition coefficient (Wildman–Crippen LogP) is 4.30. The zero-order valence-corrected chi connectivity index (χ0v) is 13.0. The number of carbonyl (C=O) groups is 1. The van der Waals surface area contributed by atoms with Gasteiger partial charge >= 0.3 is 0 Å². The lowest BCUT2D eigenvalue weighted by molar-refractivity contribution is 0.102. The van der Waals surface area contributed by atoms with Crippen molar-refractivity contribution in [2.24, 2.45) is 0 Å². The molecule has 3 aromatic rings. The first-order chi connectivity index (χ1) is 10.2. The van der Waals surface area contributed by atoms with Gasteiger partial charge in [-0.25, -0.2) is 4.98 Å². The normalized spacial score (nSPS) is 10.6. The van der Waals surface area contributed by atoms with E-state index in [0.29, 0.717) is 26.4 Å². The smallest absolute Gasteiger partial charge is 0.258 e. The number of halogens is 2. The van der Waals surface area contributed by atoms with Gasteiger partial charge in [-0.1, -0.05) is 11.6 Å². The molecule has 3 rings (SSSR count). The van der Waals surface area contributed by atoms with Crippen LogP contribution < -0.4 is 5.32 Å². The van der Waals surface area contributed by atoms with Crippen molar-refractivity contribution in [1.29, 1.82) is 0 Å². The summed E-state index contributed by atoms with van der Waals surface area (Å²) in [5.74, 6) is -0.248. The van der Waals surface area contributed by atoms with Crippen LogP contribution >= 0.6 is 27.5 Å². The fourth-order valence-electron chi connectivity index (χ4n) is 1.99. The van der Waals surface area contributed by atoms with E-state index in [1.54, 1.807) is 42.7 Å². The average molecular weight is 363 g/mol. The minimum atomic E-state index is -0.248. The molecule has 0 saturated carbocycles. The molecule has 0 fully saturated rings. The summed E-state index contributed by atoms with van der Waals surface area (Å²) in [4.78, 5) is 20.6. The van der Waals surface area contributed by atoms with Gasteiger partial charge in [0.25, 0.3) is 5.91 Å². The fourth-order valence-corrected chi connectivity index (χ4v) is 2.64. The highest BCUT2D eigenvalue weighted by atomic mass is 79.9. The molecule has 21 heavy (non-hydrogen) atoms. The van der Waals surface area contributed by atoms with Crippen molar-refractivity contribution < 1.29 is 4.79 Å². The van der Waals surface area contributed by atoms with E-state index < -0.39 is 0 Å². The van der Waals surface area contributed by atoms with E-state index in [1.807, 2.05) is 6.07 Å². The SMILES string of the molecule is O=C(Nc1ccc(Cl)c2ncccc12)c1cccnc1Br. The number of nitrogens with zero attached hydrogens (tertiary/aromatic N) is 2. The van der Waals surface area contributed by atoms with Crippen molar-refractivity contribution in [3.63, 3.8) is 0 Å². The number of pyridine rings is 2. The summed E-state index contributed by atoms with van der Waals surface area (Å²) in [6.45, 7) is 0. The summed E-state index contributed by atoms with van der Waals surface area (Å²) >= 11 is 9.38. The third-order valence-electron chi connectivity index (χ3n) is 2.97. The van der Waals surface area contributed by atoms with Gasteiger partial charge in [0.2, 0.25) is 0 Å². The second-order valence-electron chi connectivity index (χ2n) is 4.29. The molecule has 104 valence electrons. The Morgan fingerprint density at radius 1 is 1.10 bits per heavy atom.